The first-order valence-electron chi connectivity index (χ1n) is 3.87. The van der Waals surface area contributed by atoms with Crippen LogP contribution in [0.4, 0.5) is 17.6 Å². The zero-order chi connectivity index (χ0) is 10.3. The minimum Gasteiger partial charge on any atom is -0.382 e. The fourth-order valence-electron chi connectivity index (χ4n) is 1.36. The Labute approximate surface area is 73.1 Å². The van der Waals surface area contributed by atoms with Crippen LogP contribution >= 0.6 is 0 Å². The summed E-state index contributed by atoms with van der Waals surface area (Å²) < 4.78 is 48.2. The third-order valence-corrected chi connectivity index (χ3v) is 1.92. The highest BCUT2D eigenvalue weighted by Gasteiger charge is 2.45. The summed E-state index contributed by atoms with van der Waals surface area (Å²) in [5.41, 5.74) is -1.40. The first-order chi connectivity index (χ1) is 5.71. The second kappa shape index (κ2) is 3.09. The van der Waals surface area contributed by atoms with Gasteiger partial charge in [-0.15, -0.1) is 0 Å². The second-order valence-electron chi connectivity index (χ2n) is 3.64. The second-order valence-corrected chi connectivity index (χ2v) is 3.64. The summed E-state index contributed by atoms with van der Waals surface area (Å²) in [7, 11) is 0. The molecule has 1 saturated heterocycles. The monoisotopic (exact) mass is 201 g/mol. The van der Waals surface area contributed by atoms with E-state index in [4.69, 9.17) is 5.11 Å². The van der Waals surface area contributed by atoms with Gasteiger partial charge in [0.25, 0.3) is 0 Å². The average molecular weight is 201 g/mol. The van der Waals surface area contributed by atoms with Gasteiger partial charge in [0.15, 0.2) is 6.10 Å². The van der Waals surface area contributed by atoms with Crippen LogP contribution in [0.2, 0.25) is 0 Å². The van der Waals surface area contributed by atoms with Gasteiger partial charge in [-0.25, -0.2) is 4.39 Å². The Morgan fingerprint density at radius 3 is 2.23 bits per heavy atom. The molecule has 0 aromatic heterocycles. The quantitative estimate of drug-likeness (QED) is 0.672. The minimum atomic E-state index is -4.61. The molecular weight excluding hydrogens is 190 g/mol. The van der Waals surface area contributed by atoms with Gasteiger partial charge in [0.1, 0.15) is 5.67 Å². The van der Waals surface area contributed by atoms with Crippen LogP contribution in [-0.4, -0.2) is 47.6 Å². The molecule has 1 aliphatic rings. The van der Waals surface area contributed by atoms with E-state index >= 15 is 0 Å². The van der Waals surface area contributed by atoms with Crippen LogP contribution in [0.5, 0.6) is 0 Å². The van der Waals surface area contributed by atoms with Gasteiger partial charge in [-0.2, -0.15) is 13.2 Å². The van der Waals surface area contributed by atoms with Crippen molar-refractivity contribution in [1.82, 2.24) is 4.90 Å². The van der Waals surface area contributed by atoms with Crippen molar-refractivity contribution >= 4 is 0 Å². The molecule has 0 bridgehead atoms. The Bertz CT molecular complexity index is 183. The topological polar surface area (TPSA) is 23.5 Å². The van der Waals surface area contributed by atoms with Crippen molar-refractivity contribution in [2.45, 2.75) is 24.9 Å². The van der Waals surface area contributed by atoms with Gasteiger partial charge in [-0.05, 0) is 6.92 Å². The van der Waals surface area contributed by atoms with Crippen LogP contribution < -0.4 is 0 Å². The molecule has 78 valence electrons. The number of hydrogen-bond acceptors (Lipinski definition) is 2. The highest BCUT2D eigenvalue weighted by atomic mass is 19.4. The molecule has 13 heavy (non-hydrogen) atoms. The zero-order valence-corrected chi connectivity index (χ0v) is 7.10. The summed E-state index contributed by atoms with van der Waals surface area (Å²) in [5.74, 6) is 0. The van der Waals surface area contributed by atoms with Crippen LogP contribution in [0.1, 0.15) is 6.92 Å². The Kier molecular flexibility index (Phi) is 2.55. The lowest BCUT2D eigenvalue weighted by Crippen LogP contribution is -2.60. The predicted octanol–water partition coefficient (Wildman–Crippen LogP) is 0.953. The molecule has 1 N–H and O–H groups in total. The van der Waals surface area contributed by atoms with Crippen LogP contribution in [0, 0.1) is 0 Å². The fraction of sp³-hybridized carbons (Fsp3) is 1.00. The van der Waals surface area contributed by atoms with E-state index in [2.05, 4.69) is 0 Å². The van der Waals surface area contributed by atoms with Crippen LogP contribution in [-0.2, 0) is 0 Å². The molecule has 0 radical (unpaired) electrons. The first kappa shape index (κ1) is 10.7. The summed E-state index contributed by atoms with van der Waals surface area (Å²) in [5, 5.41) is 8.60. The summed E-state index contributed by atoms with van der Waals surface area (Å²) in [4.78, 5) is 1.23. The number of aliphatic hydroxyl groups excluding tert-OH is 1. The van der Waals surface area contributed by atoms with E-state index in [0.717, 1.165) is 0 Å². The molecule has 1 rings (SSSR count). The number of halogens is 4. The molecule has 1 heterocycles. The van der Waals surface area contributed by atoms with Gasteiger partial charge in [0, 0.05) is 19.6 Å². The van der Waals surface area contributed by atoms with Gasteiger partial charge in [0.05, 0.1) is 0 Å². The van der Waals surface area contributed by atoms with E-state index in [1.807, 2.05) is 0 Å². The average Bonchev–Trinajstić information content (AvgIpc) is 1.80. The van der Waals surface area contributed by atoms with Gasteiger partial charge < -0.3 is 5.11 Å². The van der Waals surface area contributed by atoms with Crippen molar-refractivity contribution in [2.24, 2.45) is 0 Å². The molecule has 0 spiro atoms. The molecule has 2 nitrogen and oxygen atoms in total. The third-order valence-electron chi connectivity index (χ3n) is 1.92. The maximum absolute atomic E-state index is 12.8. The number of alkyl halides is 4. The van der Waals surface area contributed by atoms with Gasteiger partial charge in [0.2, 0.25) is 0 Å². The molecular formula is C7H11F4NO. The van der Waals surface area contributed by atoms with Crippen molar-refractivity contribution < 1.29 is 22.7 Å². The van der Waals surface area contributed by atoms with E-state index in [1.54, 1.807) is 0 Å². The maximum Gasteiger partial charge on any atom is 0.415 e. The molecule has 1 atom stereocenters. The minimum absolute atomic E-state index is 0.0415. The van der Waals surface area contributed by atoms with E-state index in [0.29, 0.717) is 0 Å². The Balaban J connectivity index is 2.28. The van der Waals surface area contributed by atoms with Crippen LogP contribution in [0.15, 0.2) is 0 Å². The van der Waals surface area contributed by atoms with Crippen molar-refractivity contribution in [3.8, 4) is 0 Å². The van der Waals surface area contributed by atoms with E-state index in [-0.39, 0.29) is 13.1 Å². The highest BCUT2D eigenvalue weighted by Crippen LogP contribution is 2.27. The number of rotatable bonds is 2. The Morgan fingerprint density at radius 2 is 1.92 bits per heavy atom. The van der Waals surface area contributed by atoms with Crippen molar-refractivity contribution in [3.63, 3.8) is 0 Å². The normalized spacial score (nSPS) is 25.4. The molecule has 1 unspecified atom stereocenters. The molecule has 0 aromatic carbocycles. The Morgan fingerprint density at radius 1 is 1.46 bits per heavy atom. The summed E-state index contributed by atoms with van der Waals surface area (Å²) in [6, 6.07) is 0. The van der Waals surface area contributed by atoms with Gasteiger partial charge in [-0.1, -0.05) is 0 Å². The molecule has 0 amide bonds. The van der Waals surface area contributed by atoms with Crippen LogP contribution in [0.25, 0.3) is 0 Å². The van der Waals surface area contributed by atoms with Gasteiger partial charge >= 0.3 is 6.18 Å². The fourth-order valence-corrected chi connectivity index (χ4v) is 1.36. The number of aliphatic hydroxyl groups is 1. The summed E-state index contributed by atoms with van der Waals surface area (Å²) >= 11 is 0. The zero-order valence-electron chi connectivity index (χ0n) is 7.10. The molecule has 0 saturated carbocycles. The molecule has 1 fully saturated rings. The number of nitrogens with zero attached hydrogens (tertiary/aromatic N) is 1. The number of hydrogen-bond donors (Lipinski definition) is 1. The van der Waals surface area contributed by atoms with E-state index in [1.165, 1.54) is 11.8 Å². The van der Waals surface area contributed by atoms with Crippen molar-refractivity contribution in [3.05, 3.63) is 0 Å². The highest BCUT2D eigenvalue weighted by molar-refractivity contribution is 4.93. The third kappa shape index (κ3) is 2.80. The maximum atomic E-state index is 12.8. The van der Waals surface area contributed by atoms with E-state index < -0.39 is 24.5 Å². The molecule has 1 aliphatic heterocycles. The summed E-state index contributed by atoms with van der Waals surface area (Å²) in [6.45, 7) is 0.701. The molecule has 0 aliphatic carbocycles. The SMILES string of the molecule is CC1(F)CN(CC(O)C(F)(F)F)C1. The first-order valence-corrected chi connectivity index (χ1v) is 3.87. The predicted molar refractivity (Wildman–Crippen MR) is 38.0 cm³/mol. The number of β-amino-alcohol motifs (C(OH)–C–C–N with tert-alkyl or cyclic N) is 1. The van der Waals surface area contributed by atoms with Crippen LogP contribution in [0.3, 0.4) is 0 Å². The number of likely N-dealkylation sites (tertiary alicyclic amines) is 1. The van der Waals surface area contributed by atoms with Gasteiger partial charge in [-0.3, -0.25) is 4.90 Å². The molecule has 6 heteroatoms. The smallest absolute Gasteiger partial charge is 0.382 e. The molecule has 0 aromatic rings. The van der Waals surface area contributed by atoms with E-state index in [9.17, 15) is 17.6 Å². The van der Waals surface area contributed by atoms with Crippen molar-refractivity contribution in [1.29, 1.82) is 0 Å². The Hall–Kier alpha value is -0.360. The lowest BCUT2D eigenvalue weighted by molar-refractivity contribution is -0.214. The largest absolute Gasteiger partial charge is 0.415 e. The lowest BCUT2D eigenvalue weighted by Gasteiger charge is -2.43. The lowest BCUT2D eigenvalue weighted by atomic mass is 9.99. The standard InChI is InChI=1S/C7H11F4NO/c1-6(8)3-12(4-6)2-5(13)7(9,10)11/h5,13H,2-4H2,1H3. The van der Waals surface area contributed by atoms with Crippen molar-refractivity contribution in [2.75, 3.05) is 19.6 Å². The summed E-state index contributed by atoms with van der Waals surface area (Å²) in [6.07, 6.45) is -6.98.